The Morgan fingerprint density at radius 3 is 2.39 bits per heavy atom. The van der Waals surface area contributed by atoms with Crippen LogP contribution in [0.5, 0.6) is 0 Å². The van der Waals surface area contributed by atoms with Gasteiger partial charge in [0.15, 0.2) is 0 Å². The number of aliphatic hydroxyl groups is 4. The van der Waals surface area contributed by atoms with Crippen LogP contribution in [0.15, 0.2) is 35.5 Å². The predicted molar refractivity (Wildman–Crippen MR) is 85.3 cm³/mol. The number of aryl methyl sites for hydroxylation is 1. The minimum Gasteiger partial charge on any atom is -0.410 e. The number of aliphatic hydroxyl groups excluding tert-OH is 4. The van der Waals surface area contributed by atoms with Crippen LogP contribution in [0.2, 0.25) is 0 Å². The fourth-order valence-electron chi connectivity index (χ4n) is 2.33. The molecule has 5 atom stereocenters. The topological polar surface area (TPSA) is 123 Å². The first kappa shape index (κ1) is 18.2. The van der Waals surface area contributed by atoms with Gasteiger partial charge in [-0.1, -0.05) is 47.2 Å². The quantitative estimate of drug-likeness (QED) is 0.220. The third-order valence-electron chi connectivity index (χ3n) is 3.68. The number of oxime groups is 1. The first-order valence-electron chi connectivity index (χ1n) is 7.29. The third kappa shape index (κ3) is 4.66. The van der Waals surface area contributed by atoms with E-state index in [9.17, 15) is 15.3 Å². The van der Waals surface area contributed by atoms with Gasteiger partial charge in [0.1, 0.15) is 34.9 Å². The lowest BCUT2D eigenvalue weighted by molar-refractivity contribution is -0.205. The van der Waals surface area contributed by atoms with Crippen LogP contribution < -0.4 is 0 Å². The van der Waals surface area contributed by atoms with E-state index in [4.69, 9.17) is 15.1 Å². The highest BCUT2D eigenvalue weighted by atomic mass is 32.2. The summed E-state index contributed by atoms with van der Waals surface area (Å²) in [6, 6.07) is 9.64. The van der Waals surface area contributed by atoms with Gasteiger partial charge in [-0.2, -0.15) is 0 Å². The van der Waals surface area contributed by atoms with Gasteiger partial charge in [-0.3, -0.25) is 0 Å². The molecule has 0 aromatic heterocycles. The number of nitrogens with zero attached hydrogens (tertiary/aromatic N) is 1. The number of hydrogen-bond acceptors (Lipinski definition) is 8. The largest absolute Gasteiger partial charge is 0.410 e. The second-order valence-corrected chi connectivity index (χ2v) is 6.47. The Morgan fingerprint density at radius 1 is 1.09 bits per heavy atom. The van der Waals surface area contributed by atoms with E-state index in [0.29, 0.717) is 17.9 Å². The van der Waals surface area contributed by atoms with Gasteiger partial charge in [0.25, 0.3) is 0 Å². The standard InChI is InChI=1S/C15H21NO6S/c17-8-10-12(18)13(19)14(20)15(22-10)23-11(16-21)7-6-9-4-2-1-3-5-9/h1-5,10,12-15,17-21H,6-8H2/b16-11+/t10-,12-,13+,14-,15+/m1/s1. The van der Waals surface area contributed by atoms with Gasteiger partial charge in [-0.15, -0.1) is 0 Å². The summed E-state index contributed by atoms with van der Waals surface area (Å²) in [6.07, 6.45) is -4.09. The Kier molecular flexibility index (Phi) is 6.82. The lowest BCUT2D eigenvalue weighted by atomic mass is 10.0. The predicted octanol–water partition coefficient (Wildman–Crippen LogP) is -0.0600. The van der Waals surface area contributed by atoms with E-state index in [2.05, 4.69) is 5.16 Å². The Labute approximate surface area is 138 Å². The molecule has 0 aliphatic carbocycles. The first-order valence-corrected chi connectivity index (χ1v) is 8.16. The summed E-state index contributed by atoms with van der Waals surface area (Å²) < 4.78 is 5.38. The first-order chi connectivity index (χ1) is 11.1. The zero-order valence-corrected chi connectivity index (χ0v) is 13.2. The van der Waals surface area contributed by atoms with Crippen molar-refractivity contribution in [1.29, 1.82) is 0 Å². The molecule has 0 spiro atoms. The van der Waals surface area contributed by atoms with E-state index >= 15 is 0 Å². The van der Waals surface area contributed by atoms with Crippen LogP contribution in [-0.4, -0.2) is 67.1 Å². The van der Waals surface area contributed by atoms with Crippen molar-refractivity contribution in [3.8, 4) is 0 Å². The molecule has 128 valence electrons. The van der Waals surface area contributed by atoms with Gasteiger partial charge in [0.05, 0.1) is 6.61 Å². The summed E-state index contributed by atoms with van der Waals surface area (Å²) in [5, 5.41) is 51.3. The molecule has 1 aliphatic heterocycles. The van der Waals surface area contributed by atoms with Crippen LogP contribution in [-0.2, 0) is 11.2 Å². The van der Waals surface area contributed by atoms with E-state index in [0.717, 1.165) is 17.3 Å². The smallest absolute Gasteiger partial charge is 0.138 e. The fraction of sp³-hybridized carbons (Fsp3) is 0.533. The summed E-state index contributed by atoms with van der Waals surface area (Å²) in [4.78, 5) is 0. The molecule has 8 heteroatoms. The Morgan fingerprint density at radius 2 is 1.78 bits per heavy atom. The summed E-state index contributed by atoms with van der Waals surface area (Å²) in [5.41, 5.74) is 0.135. The van der Waals surface area contributed by atoms with Crippen molar-refractivity contribution in [3.05, 3.63) is 35.9 Å². The molecule has 2 rings (SSSR count). The number of rotatable bonds is 5. The van der Waals surface area contributed by atoms with Gasteiger partial charge in [-0.25, -0.2) is 0 Å². The third-order valence-corrected chi connectivity index (χ3v) is 4.86. The lowest BCUT2D eigenvalue weighted by Crippen LogP contribution is -2.57. The maximum Gasteiger partial charge on any atom is 0.138 e. The van der Waals surface area contributed by atoms with Gasteiger partial charge in [-0.05, 0) is 12.0 Å². The van der Waals surface area contributed by atoms with Crippen LogP contribution in [0.1, 0.15) is 12.0 Å². The van der Waals surface area contributed by atoms with Crippen molar-refractivity contribution in [2.24, 2.45) is 5.16 Å². The molecule has 5 N–H and O–H groups in total. The van der Waals surface area contributed by atoms with Crippen molar-refractivity contribution in [1.82, 2.24) is 0 Å². The molecule has 1 fully saturated rings. The molecule has 1 aliphatic rings. The molecular formula is C15H21NO6S. The number of ether oxygens (including phenoxy) is 1. The summed E-state index contributed by atoms with van der Waals surface area (Å²) in [6.45, 7) is -0.488. The molecule has 0 bridgehead atoms. The van der Waals surface area contributed by atoms with Gasteiger partial charge in [0, 0.05) is 6.42 Å². The van der Waals surface area contributed by atoms with Crippen molar-refractivity contribution >= 4 is 16.8 Å². The van der Waals surface area contributed by atoms with Crippen molar-refractivity contribution in [2.75, 3.05) is 6.61 Å². The van der Waals surface area contributed by atoms with Crippen LogP contribution in [0.3, 0.4) is 0 Å². The molecule has 7 nitrogen and oxygen atoms in total. The molecule has 0 amide bonds. The van der Waals surface area contributed by atoms with E-state index < -0.39 is 36.5 Å². The second-order valence-electron chi connectivity index (χ2n) is 5.29. The maximum atomic E-state index is 9.98. The van der Waals surface area contributed by atoms with E-state index in [-0.39, 0.29) is 0 Å². The molecule has 1 aromatic carbocycles. The average molecular weight is 343 g/mol. The zero-order valence-electron chi connectivity index (χ0n) is 12.4. The highest BCUT2D eigenvalue weighted by Gasteiger charge is 2.44. The maximum absolute atomic E-state index is 9.98. The molecule has 1 aromatic rings. The van der Waals surface area contributed by atoms with E-state index in [1.54, 1.807) is 0 Å². The number of thioether (sulfide) groups is 1. The van der Waals surface area contributed by atoms with Crippen LogP contribution in [0.25, 0.3) is 0 Å². The minimum absolute atomic E-state index is 0.332. The van der Waals surface area contributed by atoms with Crippen LogP contribution >= 0.6 is 11.8 Å². The Bertz CT molecular complexity index is 512. The Balaban J connectivity index is 1.95. The number of benzene rings is 1. The normalized spacial score (nSPS) is 32.0. The summed E-state index contributed by atoms with van der Waals surface area (Å²) in [7, 11) is 0. The minimum atomic E-state index is -1.44. The monoisotopic (exact) mass is 343 g/mol. The van der Waals surface area contributed by atoms with E-state index in [1.807, 2.05) is 30.3 Å². The van der Waals surface area contributed by atoms with Gasteiger partial charge < -0.3 is 30.4 Å². The summed E-state index contributed by atoms with van der Waals surface area (Å²) in [5.74, 6) is 0. The highest BCUT2D eigenvalue weighted by Crippen LogP contribution is 2.30. The van der Waals surface area contributed by atoms with Crippen molar-refractivity contribution in [3.63, 3.8) is 0 Å². The van der Waals surface area contributed by atoms with Gasteiger partial charge in [0.2, 0.25) is 0 Å². The molecule has 0 unspecified atom stereocenters. The molecule has 23 heavy (non-hydrogen) atoms. The molecule has 0 saturated carbocycles. The van der Waals surface area contributed by atoms with Crippen molar-refractivity contribution in [2.45, 2.75) is 42.7 Å². The molecule has 1 saturated heterocycles. The summed E-state index contributed by atoms with van der Waals surface area (Å²) >= 11 is 0.963. The average Bonchev–Trinajstić information content (AvgIpc) is 2.59. The second kappa shape index (κ2) is 8.62. The SMILES string of the molecule is OC[C@H]1O[C@@H](S/C(CCc2ccccc2)=N/O)[C@H](O)[C@@H](O)[C@@H]1O. The fourth-order valence-corrected chi connectivity index (χ4v) is 3.36. The van der Waals surface area contributed by atoms with Crippen LogP contribution in [0, 0.1) is 0 Å². The highest BCUT2D eigenvalue weighted by molar-refractivity contribution is 8.14. The number of hydrogen-bond donors (Lipinski definition) is 5. The Hall–Kier alpha value is -1.16. The molecular weight excluding hydrogens is 322 g/mol. The van der Waals surface area contributed by atoms with E-state index in [1.165, 1.54) is 0 Å². The van der Waals surface area contributed by atoms with Crippen LogP contribution in [0.4, 0.5) is 0 Å². The molecule has 0 radical (unpaired) electrons. The lowest BCUT2D eigenvalue weighted by Gasteiger charge is -2.39. The van der Waals surface area contributed by atoms with Crippen molar-refractivity contribution < 1.29 is 30.4 Å². The molecule has 1 heterocycles. The zero-order chi connectivity index (χ0) is 16.8. The van der Waals surface area contributed by atoms with Gasteiger partial charge >= 0.3 is 0 Å².